The summed E-state index contributed by atoms with van der Waals surface area (Å²) in [5, 5.41) is 14.9. The zero-order valence-corrected chi connectivity index (χ0v) is 13.7. The van der Waals surface area contributed by atoms with Crippen LogP contribution in [0.5, 0.6) is 0 Å². The summed E-state index contributed by atoms with van der Waals surface area (Å²) in [4.78, 5) is 15.2. The van der Waals surface area contributed by atoms with Crippen molar-refractivity contribution in [1.82, 2.24) is 10.2 Å². The van der Waals surface area contributed by atoms with Gasteiger partial charge in [0.05, 0.1) is 0 Å². The van der Waals surface area contributed by atoms with Gasteiger partial charge in [-0.1, -0.05) is 43.2 Å². The molecule has 4 rings (SSSR count). The Morgan fingerprint density at radius 3 is 2.39 bits per heavy atom. The lowest BCUT2D eigenvalue weighted by Gasteiger charge is -2.37. The van der Waals surface area contributed by atoms with Crippen molar-refractivity contribution in [2.75, 3.05) is 20.1 Å². The number of hydrogen-bond donors (Lipinski definition) is 2. The molecule has 124 valence electrons. The van der Waals surface area contributed by atoms with Crippen LogP contribution < -0.4 is 5.32 Å². The number of nitrogens with one attached hydrogen (secondary N) is 1. The number of aliphatic hydroxyl groups is 1. The lowest BCUT2D eigenvalue weighted by molar-refractivity contribution is -0.159. The zero-order chi connectivity index (χ0) is 16.0. The first-order chi connectivity index (χ1) is 11.1. The molecule has 1 aromatic carbocycles. The molecule has 0 aromatic heterocycles. The van der Waals surface area contributed by atoms with Gasteiger partial charge in [-0.2, -0.15) is 0 Å². The van der Waals surface area contributed by atoms with Crippen LogP contribution >= 0.6 is 0 Å². The van der Waals surface area contributed by atoms with Crippen LogP contribution in [0.1, 0.15) is 31.2 Å². The number of hydrogen-bond acceptors (Lipinski definition) is 3. The normalized spacial score (nSPS) is 32.3. The van der Waals surface area contributed by atoms with Crippen LogP contribution in [0.2, 0.25) is 0 Å². The molecule has 4 heteroatoms. The summed E-state index contributed by atoms with van der Waals surface area (Å²) in [5.41, 5.74) is -0.607. The molecular formula is C19H26N2O2. The maximum absolute atomic E-state index is 13.3. The summed E-state index contributed by atoms with van der Waals surface area (Å²) in [6, 6.07) is 9.87. The first kappa shape index (κ1) is 15.2. The van der Waals surface area contributed by atoms with E-state index in [0.717, 1.165) is 44.3 Å². The molecule has 23 heavy (non-hydrogen) atoms. The Morgan fingerprint density at radius 1 is 1.17 bits per heavy atom. The number of amides is 1. The van der Waals surface area contributed by atoms with Gasteiger partial charge in [-0.15, -0.1) is 0 Å². The first-order valence-corrected chi connectivity index (χ1v) is 8.90. The van der Waals surface area contributed by atoms with Gasteiger partial charge in [-0.05, 0) is 30.2 Å². The standard InChI is InChI=1S/C19H26N2O2/c1-21(17-15-11-20-12-16(15)17)18(22)19(23,14-9-5-6-10-14)13-7-3-2-4-8-13/h2-4,7-8,14-17,20,23H,5-6,9-12H2,1H3/t15-,16?,17?,19?/m0/s1. The molecule has 1 saturated heterocycles. The van der Waals surface area contributed by atoms with Crippen molar-refractivity contribution >= 4 is 5.91 Å². The Morgan fingerprint density at radius 2 is 1.78 bits per heavy atom. The lowest BCUT2D eigenvalue weighted by Crippen LogP contribution is -2.51. The minimum atomic E-state index is -1.36. The van der Waals surface area contributed by atoms with E-state index < -0.39 is 5.60 Å². The minimum absolute atomic E-state index is 0.0385. The predicted molar refractivity (Wildman–Crippen MR) is 88.7 cm³/mol. The predicted octanol–water partition coefficient (Wildman–Crippen LogP) is 1.74. The molecule has 2 aliphatic carbocycles. The molecule has 1 amide bonds. The SMILES string of the molecule is CN(C(=O)C(O)(c1ccccc1)C1CCCC1)C1C2CNC[C@@H]21. The van der Waals surface area contributed by atoms with Crippen molar-refractivity contribution in [3.8, 4) is 0 Å². The van der Waals surface area contributed by atoms with E-state index in [0.29, 0.717) is 17.9 Å². The van der Waals surface area contributed by atoms with Gasteiger partial charge in [-0.3, -0.25) is 4.79 Å². The molecule has 3 unspecified atom stereocenters. The number of rotatable bonds is 4. The first-order valence-electron chi connectivity index (χ1n) is 8.90. The van der Waals surface area contributed by atoms with Crippen LogP contribution in [0.3, 0.4) is 0 Å². The summed E-state index contributed by atoms with van der Waals surface area (Å²) in [7, 11) is 1.88. The maximum Gasteiger partial charge on any atom is 0.259 e. The van der Waals surface area contributed by atoms with Gasteiger partial charge in [-0.25, -0.2) is 0 Å². The number of nitrogens with zero attached hydrogens (tertiary/aromatic N) is 1. The Kier molecular flexibility index (Phi) is 3.69. The smallest absolute Gasteiger partial charge is 0.259 e. The molecule has 3 aliphatic rings. The molecule has 0 radical (unpaired) electrons. The van der Waals surface area contributed by atoms with Crippen molar-refractivity contribution < 1.29 is 9.90 Å². The van der Waals surface area contributed by atoms with Gasteiger partial charge in [0.25, 0.3) is 5.91 Å². The fourth-order valence-corrected chi connectivity index (χ4v) is 4.93. The quantitative estimate of drug-likeness (QED) is 0.890. The highest BCUT2D eigenvalue weighted by Crippen LogP contribution is 2.48. The van der Waals surface area contributed by atoms with Crippen molar-refractivity contribution in [1.29, 1.82) is 0 Å². The van der Waals surface area contributed by atoms with Gasteiger partial charge in [0, 0.05) is 32.1 Å². The van der Waals surface area contributed by atoms with Gasteiger partial charge in [0.1, 0.15) is 0 Å². The van der Waals surface area contributed by atoms with E-state index in [4.69, 9.17) is 0 Å². The van der Waals surface area contributed by atoms with Crippen molar-refractivity contribution in [2.24, 2.45) is 17.8 Å². The van der Waals surface area contributed by atoms with E-state index in [1.54, 1.807) is 0 Å². The van der Waals surface area contributed by atoms with Crippen LogP contribution in [-0.2, 0) is 10.4 Å². The second-order valence-corrected chi connectivity index (χ2v) is 7.51. The Balaban J connectivity index is 1.63. The summed E-state index contributed by atoms with van der Waals surface area (Å²) < 4.78 is 0. The molecule has 2 N–H and O–H groups in total. The third-order valence-electron chi connectivity index (χ3n) is 6.30. The van der Waals surface area contributed by atoms with Gasteiger partial charge in [0.2, 0.25) is 0 Å². The molecule has 0 bridgehead atoms. The van der Waals surface area contributed by atoms with Crippen LogP contribution in [-0.4, -0.2) is 42.1 Å². The van der Waals surface area contributed by atoms with Crippen LogP contribution in [0.15, 0.2) is 30.3 Å². The molecule has 0 spiro atoms. The number of fused-ring (bicyclic) bond motifs is 1. The van der Waals surface area contributed by atoms with E-state index in [2.05, 4.69) is 5.32 Å². The van der Waals surface area contributed by atoms with Crippen molar-refractivity contribution in [3.05, 3.63) is 35.9 Å². The number of benzene rings is 1. The van der Waals surface area contributed by atoms with Gasteiger partial charge < -0.3 is 15.3 Å². The van der Waals surface area contributed by atoms with E-state index >= 15 is 0 Å². The molecule has 1 aromatic rings. The molecule has 2 saturated carbocycles. The summed E-state index contributed by atoms with van der Waals surface area (Å²) in [6.45, 7) is 2.00. The average Bonchev–Trinajstić information content (AvgIpc) is 3.02. The van der Waals surface area contributed by atoms with Crippen molar-refractivity contribution in [2.45, 2.75) is 37.3 Å². The average molecular weight is 314 g/mol. The highest BCUT2D eigenvalue weighted by molar-refractivity contribution is 5.87. The second kappa shape index (κ2) is 5.60. The second-order valence-electron chi connectivity index (χ2n) is 7.51. The third kappa shape index (κ3) is 2.31. The van der Waals surface area contributed by atoms with Gasteiger partial charge >= 0.3 is 0 Å². The molecule has 4 atom stereocenters. The van der Waals surface area contributed by atoms with E-state index in [9.17, 15) is 9.90 Å². The molecular weight excluding hydrogens is 288 g/mol. The zero-order valence-electron chi connectivity index (χ0n) is 13.7. The van der Waals surface area contributed by atoms with E-state index in [1.807, 2.05) is 42.3 Å². The molecule has 1 aliphatic heterocycles. The topological polar surface area (TPSA) is 52.6 Å². The number of carbonyl (C=O) groups excluding carboxylic acids is 1. The fourth-order valence-electron chi connectivity index (χ4n) is 4.93. The number of likely N-dealkylation sites (N-methyl/N-ethyl adjacent to an activating group) is 1. The van der Waals surface area contributed by atoms with E-state index in [1.165, 1.54) is 0 Å². The largest absolute Gasteiger partial charge is 0.375 e. The van der Waals surface area contributed by atoms with Crippen LogP contribution in [0.4, 0.5) is 0 Å². The highest BCUT2D eigenvalue weighted by atomic mass is 16.3. The highest BCUT2D eigenvalue weighted by Gasteiger charge is 2.59. The van der Waals surface area contributed by atoms with Crippen LogP contribution in [0, 0.1) is 17.8 Å². The minimum Gasteiger partial charge on any atom is -0.375 e. The maximum atomic E-state index is 13.3. The summed E-state index contributed by atoms with van der Waals surface area (Å²) in [6.07, 6.45) is 4.08. The molecule has 1 heterocycles. The Bertz CT molecular complexity index is 574. The summed E-state index contributed by atoms with van der Waals surface area (Å²) in [5.74, 6) is 1.09. The molecule has 4 nitrogen and oxygen atoms in total. The number of carbonyl (C=O) groups is 1. The third-order valence-corrected chi connectivity index (χ3v) is 6.30. The van der Waals surface area contributed by atoms with Crippen LogP contribution in [0.25, 0.3) is 0 Å². The summed E-state index contributed by atoms with van der Waals surface area (Å²) >= 11 is 0. The van der Waals surface area contributed by atoms with Crippen molar-refractivity contribution in [3.63, 3.8) is 0 Å². The fraction of sp³-hybridized carbons (Fsp3) is 0.632. The lowest BCUT2D eigenvalue weighted by atomic mass is 9.79. The van der Waals surface area contributed by atoms with Gasteiger partial charge in [0.15, 0.2) is 5.60 Å². The monoisotopic (exact) mass is 314 g/mol. The Hall–Kier alpha value is -1.39. The number of piperidine rings is 1. The molecule has 3 fully saturated rings. The van der Waals surface area contributed by atoms with E-state index in [-0.39, 0.29) is 11.8 Å². The Labute approximate surface area is 137 Å².